The first-order chi connectivity index (χ1) is 18.3. The van der Waals surface area contributed by atoms with Crippen molar-refractivity contribution >= 4 is 5.78 Å². The monoisotopic (exact) mass is 520 g/mol. The van der Waals surface area contributed by atoms with E-state index >= 15 is 0 Å². The molecule has 221 valence electrons. The van der Waals surface area contributed by atoms with E-state index in [4.69, 9.17) is 0 Å². The molecule has 0 heterocycles. The molecule has 0 aliphatic carbocycles. The van der Waals surface area contributed by atoms with Gasteiger partial charge in [0.15, 0.2) is 0 Å². The zero-order valence-corrected chi connectivity index (χ0v) is 26.3. The number of hydrogen-bond donors (Lipinski definition) is 0. The molecule has 0 aromatic rings. The standard InChI is InChI=1S/C36H71O/c1-4-7-10-13-16-17-18-19-20-21-22-23-25-28-31-34-36(37)35(32-29-26-15-12-9-6-3)33-30-27-24-14-11-8-5-2/h4-34H2,1-3H3. The number of hydrogen-bond acceptors (Lipinski definition) is 1. The normalized spacial score (nSPS) is 11.6. The molecule has 0 saturated heterocycles. The average molecular weight is 520 g/mol. The minimum atomic E-state index is 0.522. The minimum absolute atomic E-state index is 0.522. The second-order valence-electron chi connectivity index (χ2n) is 12.1. The maximum atomic E-state index is 13.0. The summed E-state index contributed by atoms with van der Waals surface area (Å²) in [5.74, 6) is 1.82. The Morgan fingerprint density at radius 2 is 0.514 bits per heavy atom. The Labute approximate surface area is 236 Å². The van der Waals surface area contributed by atoms with Crippen LogP contribution in [0.4, 0.5) is 0 Å². The summed E-state index contributed by atoms with van der Waals surface area (Å²) in [6.07, 6.45) is 41.1. The highest BCUT2D eigenvalue weighted by atomic mass is 16.1. The number of unbranched alkanes of at least 4 members (excludes halogenated alkanes) is 25. The highest BCUT2D eigenvalue weighted by Crippen LogP contribution is 2.24. The van der Waals surface area contributed by atoms with Crippen molar-refractivity contribution in [2.75, 3.05) is 0 Å². The third-order valence-corrected chi connectivity index (χ3v) is 8.32. The van der Waals surface area contributed by atoms with Crippen molar-refractivity contribution in [2.24, 2.45) is 0 Å². The maximum Gasteiger partial charge on any atom is 0.140 e. The fourth-order valence-electron chi connectivity index (χ4n) is 5.65. The van der Waals surface area contributed by atoms with Gasteiger partial charge < -0.3 is 0 Å². The topological polar surface area (TPSA) is 17.1 Å². The highest BCUT2D eigenvalue weighted by molar-refractivity contribution is 5.91. The van der Waals surface area contributed by atoms with Crippen LogP contribution in [0.1, 0.15) is 220 Å². The first kappa shape index (κ1) is 36.7. The lowest BCUT2D eigenvalue weighted by atomic mass is 9.88. The van der Waals surface area contributed by atoms with Gasteiger partial charge >= 0.3 is 0 Å². The number of carbonyl (C=O) groups excluding carboxylic acids is 1. The van der Waals surface area contributed by atoms with Crippen molar-refractivity contribution in [1.29, 1.82) is 0 Å². The summed E-state index contributed by atoms with van der Waals surface area (Å²) in [6.45, 7) is 6.86. The molecule has 0 amide bonds. The molecule has 0 aromatic carbocycles. The second kappa shape index (κ2) is 31.9. The van der Waals surface area contributed by atoms with E-state index in [-0.39, 0.29) is 0 Å². The molecule has 0 aliphatic heterocycles. The molecule has 1 heteroatoms. The first-order valence-corrected chi connectivity index (χ1v) is 17.6. The molecule has 0 rings (SSSR count). The van der Waals surface area contributed by atoms with Crippen molar-refractivity contribution in [2.45, 2.75) is 220 Å². The Kier molecular flexibility index (Phi) is 31.6. The molecule has 1 radical (unpaired) electrons. The maximum absolute atomic E-state index is 13.0. The van der Waals surface area contributed by atoms with E-state index in [1.165, 1.54) is 179 Å². The van der Waals surface area contributed by atoms with Crippen LogP contribution in [0.25, 0.3) is 0 Å². The fraction of sp³-hybridized carbons (Fsp3) is 0.944. The lowest BCUT2D eigenvalue weighted by molar-refractivity contribution is -0.117. The van der Waals surface area contributed by atoms with E-state index < -0.39 is 0 Å². The van der Waals surface area contributed by atoms with Crippen LogP contribution in [-0.4, -0.2) is 5.78 Å². The van der Waals surface area contributed by atoms with Crippen LogP contribution >= 0.6 is 0 Å². The van der Waals surface area contributed by atoms with E-state index in [1.807, 2.05) is 0 Å². The summed E-state index contributed by atoms with van der Waals surface area (Å²) in [5, 5.41) is 0. The summed E-state index contributed by atoms with van der Waals surface area (Å²) in [5.41, 5.74) is 0. The summed E-state index contributed by atoms with van der Waals surface area (Å²) >= 11 is 0. The van der Waals surface area contributed by atoms with Gasteiger partial charge in [0, 0.05) is 12.3 Å². The molecule has 0 saturated carbocycles. The van der Waals surface area contributed by atoms with Gasteiger partial charge in [-0.15, -0.1) is 0 Å². The van der Waals surface area contributed by atoms with Crippen molar-refractivity contribution in [3.63, 3.8) is 0 Å². The Morgan fingerprint density at radius 1 is 0.297 bits per heavy atom. The van der Waals surface area contributed by atoms with Gasteiger partial charge in [0.1, 0.15) is 5.78 Å². The predicted octanol–water partition coefficient (Wildman–Crippen LogP) is 13.3. The van der Waals surface area contributed by atoms with Crippen LogP contribution in [0.2, 0.25) is 0 Å². The third-order valence-electron chi connectivity index (χ3n) is 8.32. The zero-order valence-electron chi connectivity index (χ0n) is 26.3. The molecule has 0 aromatic heterocycles. The average Bonchev–Trinajstić information content (AvgIpc) is 2.90. The van der Waals surface area contributed by atoms with Gasteiger partial charge in [-0.3, -0.25) is 4.79 Å². The van der Waals surface area contributed by atoms with Crippen molar-refractivity contribution in [3.8, 4) is 0 Å². The van der Waals surface area contributed by atoms with E-state index in [9.17, 15) is 4.79 Å². The predicted molar refractivity (Wildman–Crippen MR) is 168 cm³/mol. The SMILES string of the molecule is CCCCCCCCCCCCCCCCCC(=O)[C](CCCCCCCC)CCCCCCCCC. The molecule has 37 heavy (non-hydrogen) atoms. The molecule has 0 spiro atoms. The summed E-state index contributed by atoms with van der Waals surface area (Å²) in [6, 6.07) is 0. The third kappa shape index (κ3) is 28.5. The van der Waals surface area contributed by atoms with E-state index in [0.29, 0.717) is 5.78 Å². The molecule has 0 atom stereocenters. The van der Waals surface area contributed by atoms with Gasteiger partial charge in [0.05, 0.1) is 0 Å². The molecular weight excluding hydrogens is 448 g/mol. The lowest BCUT2D eigenvalue weighted by Gasteiger charge is -2.15. The van der Waals surface area contributed by atoms with E-state index in [0.717, 1.165) is 25.7 Å². The van der Waals surface area contributed by atoms with Crippen LogP contribution in [0.3, 0.4) is 0 Å². The van der Waals surface area contributed by atoms with Crippen molar-refractivity contribution < 1.29 is 4.79 Å². The van der Waals surface area contributed by atoms with Crippen molar-refractivity contribution in [3.05, 3.63) is 5.92 Å². The summed E-state index contributed by atoms with van der Waals surface area (Å²) in [7, 11) is 0. The van der Waals surface area contributed by atoms with Crippen LogP contribution in [0.15, 0.2) is 0 Å². The number of carbonyl (C=O) groups is 1. The largest absolute Gasteiger partial charge is 0.299 e. The fourth-order valence-corrected chi connectivity index (χ4v) is 5.65. The smallest absolute Gasteiger partial charge is 0.140 e. The van der Waals surface area contributed by atoms with Gasteiger partial charge in [0.2, 0.25) is 0 Å². The van der Waals surface area contributed by atoms with Crippen LogP contribution in [0, 0.1) is 5.92 Å². The minimum Gasteiger partial charge on any atom is -0.299 e. The Morgan fingerprint density at radius 3 is 0.784 bits per heavy atom. The highest BCUT2D eigenvalue weighted by Gasteiger charge is 2.18. The van der Waals surface area contributed by atoms with Crippen LogP contribution < -0.4 is 0 Å². The van der Waals surface area contributed by atoms with Gasteiger partial charge in [-0.25, -0.2) is 0 Å². The van der Waals surface area contributed by atoms with Crippen molar-refractivity contribution in [1.82, 2.24) is 0 Å². The van der Waals surface area contributed by atoms with Gasteiger partial charge in [0.25, 0.3) is 0 Å². The van der Waals surface area contributed by atoms with Gasteiger partial charge in [-0.2, -0.15) is 0 Å². The van der Waals surface area contributed by atoms with E-state index in [2.05, 4.69) is 20.8 Å². The second-order valence-corrected chi connectivity index (χ2v) is 12.1. The Bertz CT molecular complexity index is 428. The molecular formula is C36H71O. The molecule has 1 nitrogen and oxygen atoms in total. The quantitative estimate of drug-likeness (QED) is 0.0807. The number of Topliss-reactive ketones (excluding diaryl/α,β-unsaturated/α-hetero) is 1. The molecule has 0 bridgehead atoms. The lowest BCUT2D eigenvalue weighted by Crippen LogP contribution is -2.12. The van der Waals surface area contributed by atoms with Gasteiger partial charge in [-0.05, 0) is 19.3 Å². The van der Waals surface area contributed by atoms with Crippen LogP contribution in [0.5, 0.6) is 0 Å². The zero-order chi connectivity index (χ0) is 27.1. The molecule has 0 fully saturated rings. The molecule has 0 aliphatic rings. The Hall–Kier alpha value is -0.330. The Balaban J connectivity index is 3.83. The summed E-state index contributed by atoms with van der Waals surface area (Å²) < 4.78 is 0. The van der Waals surface area contributed by atoms with Gasteiger partial charge in [-0.1, -0.05) is 194 Å². The van der Waals surface area contributed by atoms with E-state index in [1.54, 1.807) is 0 Å². The number of ketones is 1. The van der Waals surface area contributed by atoms with Crippen LogP contribution in [-0.2, 0) is 4.79 Å². The molecule has 0 N–H and O–H groups in total. The summed E-state index contributed by atoms with van der Waals surface area (Å²) in [4.78, 5) is 13.0. The number of rotatable bonds is 32. The molecule has 0 unspecified atom stereocenters. The first-order valence-electron chi connectivity index (χ1n) is 17.6.